The molecule has 0 saturated carbocycles. The van der Waals surface area contributed by atoms with Gasteiger partial charge in [-0.15, -0.1) is 0 Å². The van der Waals surface area contributed by atoms with Gasteiger partial charge in [0.2, 0.25) is 0 Å². The van der Waals surface area contributed by atoms with Gasteiger partial charge in [-0.25, -0.2) is 9.36 Å². The second-order valence-corrected chi connectivity index (χ2v) is 8.16. The molecule has 0 amide bonds. The molecule has 1 aliphatic rings. The van der Waals surface area contributed by atoms with Crippen molar-refractivity contribution in [2.75, 3.05) is 19.8 Å². The number of nitrogens with one attached hydrogen (secondary N) is 1. The fourth-order valence-electron chi connectivity index (χ4n) is 2.66. The predicted octanol–water partition coefficient (Wildman–Crippen LogP) is 2.45. The average Bonchev–Trinajstić information content (AvgIpc) is 3.10. The number of nitriles is 1. The minimum atomic E-state index is -4.83. The summed E-state index contributed by atoms with van der Waals surface area (Å²) in [4.78, 5) is 28.3. The lowest BCUT2D eigenvalue weighted by atomic mass is 10.1. The summed E-state index contributed by atoms with van der Waals surface area (Å²) in [6.07, 6.45) is -6.10. The molecule has 1 aliphatic heterocycles. The van der Waals surface area contributed by atoms with Crippen molar-refractivity contribution in [3.63, 3.8) is 0 Å². The number of phosphoric ester groups is 1. The zero-order valence-electron chi connectivity index (χ0n) is 16.5. The van der Waals surface area contributed by atoms with E-state index in [0.29, 0.717) is 0 Å². The number of aryl methyl sites for hydroxylation is 1. The van der Waals surface area contributed by atoms with Gasteiger partial charge >= 0.3 is 19.7 Å². The van der Waals surface area contributed by atoms with Gasteiger partial charge in [-0.1, -0.05) is 5.11 Å². The third-order valence-corrected chi connectivity index (χ3v) is 5.52. The van der Waals surface area contributed by atoms with E-state index in [0.717, 1.165) is 4.57 Å². The Hall–Kier alpha value is -2.66. The first kappa shape index (κ1) is 25.6. The monoisotopic (exact) mass is 482 g/mol. The first-order valence-corrected chi connectivity index (χ1v) is 10.4. The summed E-state index contributed by atoms with van der Waals surface area (Å²) in [6.45, 7) is -1.69. The summed E-state index contributed by atoms with van der Waals surface area (Å²) >= 11 is 0. The Morgan fingerprint density at radius 1 is 1.44 bits per heavy atom. The normalized spacial score (nSPS) is 22.7. The first-order valence-electron chi connectivity index (χ1n) is 8.97. The molecule has 0 radical (unpaired) electrons. The Bertz CT molecular complexity index is 1060. The van der Waals surface area contributed by atoms with Gasteiger partial charge < -0.3 is 4.74 Å². The van der Waals surface area contributed by atoms with E-state index in [9.17, 15) is 27.3 Å². The Labute approximate surface area is 177 Å². The lowest BCUT2D eigenvalue weighted by molar-refractivity contribution is -0.158. The number of H-pyrrole nitrogens is 1. The summed E-state index contributed by atoms with van der Waals surface area (Å²) in [5.74, 6) is 0. The third kappa shape index (κ3) is 7.20. The lowest BCUT2D eigenvalue weighted by Gasteiger charge is -2.21. The fourth-order valence-corrected chi connectivity index (χ4v) is 3.83. The highest BCUT2D eigenvalue weighted by Gasteiger charge is 2.40. The number of phosphoric acid groups is 1. The molecule has 32 heavy (non-hydrogen) atoms. The summed E-state index contributed by atoms with van der Waals surface area (Å²) < 4.78 is 70.5. The Morgan fingerprint density at radius 2 is 2.16 bits per heavy atom. The van der Waals surface area contributed by atoms with Gasteiger partial charge in [0, 0.05) is 23.1 Å². The Balaban J connectivity index is 2.17. The summed E-state index contributed by atoms with van der Waals surface area (Å²) in [5.41, 5.74) is 7.56. The van der Waals surface area contributed by atoms with E-state index in [4.69, 9.17) is 24.6 Å². The number of hydrogen-bond acceptors (Lipinski definition) is 9. The third-order valence-electron chi connectivity index (χ3n) is 4.11. The van der Waals surface area contributed by atoms with Crippen molar-refractivity contribution >= 4 is 7.82 Å². The summed E-state index contributed by atoms with van der Waals surface area (Å²) in [5, 5.41) is 12.0. The van der Waals surface area contributed by atoms with Crippen LogP contribution in [0.4, 0.5) is 13.2 Å². The van der Waals surface area contributed by atoms with Crippen molar-refractivity contribution in [1.82, 2.24) is 9.55 Å². The number of ether oxygens (including phenoxy) is 1. The molecular weight excluding hydrogens is 464 g/mol. The van der Waals surface area contributed by atoms with Crippen LogP contribution in [0.25, 0.3) is 10.4 Å². The van der Waals surface area contributed by atoms with E-state index in [1.165, 1.54) is 13.1 Å². The van der Waals surface area contributed by atoms with Crippen LogP contribution in [0.1, 0.15) is 24.6 Å². The number of hydrogen-bond donors (Lipinski definition) is 1. The molecule has 1 unspecified atom stereocenters. The highest BCUT2D eigenvalue weighted by atomic mass is 31.2. The number of azide groups is 1. The fraction of sp³-hybridized carbons (Fsp3) is 0.667. The number of alkyl halides is 3. The topological polar surface area (TPSA) is 181 Å². The number of rotatable bonds is 10. The maximum Gasteiger partial charge on any atom is 0.475 e. The van der Waals surface area contributed by atoms with Gasteiger partial charge in [-0.2, -0.15) is 18.4 Å². The van der Waals surface area contributed by atoms with Crippen LogP contribution in [-0.2, 0) is 22.9 Å². The van der Waals surface area contributed by atoms with Crippen LogP contribution >= 0.6 is 7.82 Å². The van der Waals surface area contributed by atoms with Crippen molar-refractivity contribution < 1.29 is 36.0 Å². The second kappa shape index (κ2) is 10.8. The maximum absolute atomic E-state index is 12.5. The minimum Gasteiger partial charge on any atom is -0.352 e. The molecule has 1 saturated heterocycles. The largest absolute Gasteiger partial charge is 0.475 e. The van der Waals surface area contributed by atoms with Crippen molar-refractivity contribution in [3.05, 3.63) is 43.0 Å². The van der Waals surface area contributed by atoms with Crippen LogP contribution in [0.5, 0.6) is 0 Å². The maximum atomic E-state index is 12.5. The van der Waals surface area contributed by atoms with Gasteiger partial charge in [0.1, 0.15) is 6.23 Å². The van der Waals surface area contributed by atoms with Crippen molar-refractivity contribution in [2.45, 2.75) is 44.3 Å². The van der Waals surface area contributed by atoms with Gasteiger partial charge in [0.05, 0.1) is 37.8 Å². The molecule has 176 valence electrons. The summed E-state index contributed by atoms with van der Waals surface area (Å²) in [6, 6.07) is 0.696. The summed E-state index contributed by atoms with van der Waals surface area (Å²) in [7, 11) is -4.76. The molecule has 1 fully saturated rings. The average molecular weight is 482 g/mol. The zero-order chi connectivity index (χ0) is 23.9. The molecule has 1 N–H and O–H groups in total. The van der Waals surface area contributed by atoms with E-state index in [2.05, 4.69) is 19.5 Å². The van der Waals surface area contributed by atoms with Crippen LogP contribution in [0.3, 0.4) is 0 Å². The van der Waals surface area contributed by atoms with Gasteiger partial charge in [0.25, 0.3) is 5.56 Å². The number of nitrogens with zero attached hydrogens (tertiary/aromatic N) is 5. The van der Waals surface area contributed by atoms with Gasteiger partial charge in [-0.05, 0) is 12.5 Å². The van der Waals surface area contributed by atoms with E-state index < -0.39 is 63.4 Å². The van der Waals surface area contributed by atoms with Crippen LogP contribution in [0.2, 0.25) is 0 Å². The van der Waals surface area contributed by atoms with Crippen LogP contribution in [0.15, 0.2) is 20.9 Å². The molecule has 0 bridgehead atoms. The Kier molecular flexibility index (Phi) is 8.62. The van der Waals surface area contributed by atoms with Crippen molar-refractivity contribution in [3.8, 4) is 6.07 Å². The van der Waals surface area contributed by atoms with Gasteiger partial charge in [0.15, 0.2) is 6.61 Å². The first-order chi connectivity index (χ1) is 15.0. The Morgan fingerprint density at radius 3 is 2.78 bits per heavy atom. The molecule has 0 aliphatic carbocycles. The number of aromatic amines is 1. The number of halogens is 3. The van der Waals surface area contributed by atoms with E-state index in [1.54, 1.807) is 6.07 Å². The van der Waals surface area contributed by atoms with E-state index in [1.807, 2.05) is 0 Å². The molecule has 1 aromatic rings. The molecule has 2 heterocycles. The van der Waals surface area contributed by atoms with Crippen LogP contribution in [-0.4, -0.2) is 47.7 Å². The number of aromatic nitrogens is 2. The molecule has 17 heteroatoms. The molecular formula is C15H18F3N6O7P. The predicted molar refractivity (Wildman–Crippen MR) is 99.3 cm³/mol. The molecule has 0 spiro atoms. The zero-order valence-corrected chi connectivity index (χ0v) is 17.4. The molecule has 1 aromatic heterocycles. The highest BCUT2D eigenvalue weighted by Crippen LogP contribution is 2.51. The SMILES string of the molecule is Cc1cn([C@H]2C[C@H](N=[N+]=[N-])[C@@H](COP(=O)(OCCC#N)OCC(F)(F)F)O2)c(=O)[nH]c1=O. The van der Waals surface area contributed by atoms with Crippen LogP contribution in [0, 0.1) is 18.3 Å². The molecule has 0 aromatic carbocycles. The van der Waals surface area contributed by atoms with Crippen molar-refractivity contribution in [2.24, 2.45) is 5.11 Å². The van der Waals surface area contributed by atoms with Crippen molar-refractivity contribution in [1.29, 1.82) is 5.26 Å². The molecule has 13 nitrogen and oxygen atoms in total. The lowest BCUT2D eigenvalue weighted by Crippen LogP contribution is -2.33. The highest BCUT2D eigenvalue weighted by molar-refractivity contribution is 7.48. The van der Waals surface area contributed by atoms with E-state index in [-0.39, 0.29) is 18.4 Å². The smallest absolute Gasteiger partial charge is 0.352 e. The quantitative estimate of drug-likeness (QED) is 0.173. The second-order valence-electron chi connectivity index (χ2n) is 6.49. The minimum absolute atomic E-state index is 0.0491. The molecule has 4 atom stereocenters. The van der Waals surface area contributed by atoms with E-state index >= 15 is 0 Å². The van der Waals surface area contributed by atoms with Gasteiger partial charge in [-0.3, -0.25) is 27.9 Å². The standard InChI is InChI=1S/C15H18F3N6O7P/c1-9-6-24(14(26)21-13(9)25)12-5-10(22-23-20)11(31-12)7-29-32(27,28-4-2-3-19)30-8-15(16,17)18/h6,10-12H,2,4-5,7-8H2,1H3,(H,21,25,26)/t10-,11+,12+,32?/m0/s1. The van der Waals surface area contributed by atoms with Crippen LogP contribution < -0.4 is 11.2 Å². The molecule has 2 rings (SSSR count).